The predicted molar refractivity (Wildman–Crippen MR) is 49.9 cm³/mol. The molecular weight excluding hydrogens is 172 g/mol. The first-order chi connectivity index (χ1) is 5.70. The number of hydrogen-bond acceptors (Lipinski definition) is 3. The Kier molecular flexibility index (Phi) is 1.48. The largest absolute Gasteiger partial charge is 0.508 e. The van der Waals surface area contributed by atoms with E-state index in [0.29, 0.717) is 0 Å². The lowest BCUT2D eigenvalue weighted by atomic mass is 10.1. The molecule has 2 rings (SSSR count). The number of phenols is 1. The number of phenolic OH excluding ortho intramolecular Hbond substituents is 1. The molecule has 1 aromatic carbocycles. The molecule has 2 N–H and O–H groups in total. The molecule has 62 valence electrons. The van der Waals surface area contributed by atoms with Gasteiger partial charge in [0.15, 0.2) is 0 Å². The van der Waals surface area contributed by atoms with Crippen LogP contribution in [-0.4, -0.2) is 10.2 Å². The number of rotatable bonds is 0. The number of aromatic hydroxyl groups is 2. The summed E-state index contributed by atoms with van der Waals surface area (Å²) in [4.78, 5) is 0. The van der Waals surface area contributed by atoms with E-state index in [0.717, 1.165) is 15.6 Å². The Bertz CT molecular complexity index is 431. The van der Waals surface area contributed by atoms with Crippen LogP contribution >= 0.6 is 11.3 Å². The molecule has 0 atom stereocenters. The van der Waals surface area contributed by atoms with Crippen LogP contribution in [-0.2, 0) is 0 Å². The minimum Gasteiger partial charge on any atom is -0.508 e. The SMILES string of the molecule is Cc1c(O)ccc2scc(O)c12. The molecule has 0 amide bonds. The fourth-order valence-electron chi connectivity index (χ4n) is 1.27. The maximum absolute atomic E-state index is 9.42. The van der Waals surface area contributed by atoms with Crippen molar-refractivity contribution in [3.05, 3.63) is 23.1 Å². The minimum absolute atomic E-state index is 0.233. The summed E-state index contributed by atoms with van der Waals surface area (Å²) < 4.78 is 1.00. The zero-order chi connectivity index (χ0) is 8.72. The standard InChI is InChI=1S/C9H8O2S/c1-5-6(10)2-3-8-9(5)7(11)4-12-8/h2-4,10-11H,1H3. The molecule has 0 unspecified atom stereocenters. The lowest BCUT2D eigenvalue weighted by molar-refractivity contribution is 0.468. The normalized spacial score (nSPS) is 10.8. The average molecular weight is 180 g/mol. The second-order valence-electron chi connectivity index (χ2n) is 2.70. The van der Waals surface area contributed by atoms with Gasteiger partial charge in [-0.1, -0.05) is 0 Å². The Labute approximate surface area is 73.7 Å². The molecular formula is C9H8O2S. The molecule has 2 nitrogen and oxygen atoms in total. The molecule has 0 saturated carbocycles. The third kappa shape index (κ3) is 0.865. The summed E-state index contributed by atoms with van der Waals surface area (Å²) in [7, 11) is 0. The van der Waals surface area contributed by atoms with Crippen LogP contribution in [0.3, 0.4) is 0 Å². The number of hydrogen-bond donors (Lipinski definition) is 2. The molecule has 0 radical (unpaired) electrons. The van der Waals surface area contributed by atoms with Crippen LogP contribution in [0.15, 0.2) is 17.5 Å². The highest BCUT2D eigenvalue weighted by atomic mass is 32.1. The van der Waals surface area contributed by atoms with E-state index < -0.39 is 0 Å². The number of fused-ring (bicyclic) bond motifs is 1. The van der Waals surface area contributed by atoms with E-state index in [1.165, 1.54) is 11.3 Å². The number of benzene rings is 1. The smallest absolute Gasteiger partial charge is 0.134 e. The van der Waals surface area contributed by atoms with Gasteiger partial charge in [0, 0.05) is 21.0 Å². The number of aryl methyl sites for hydroxylation is 1. The summed E-state index contributed by atoms with van der Waals surface area (Å²) in [5.74, 6) is 0.486. The maximum Gasteiger partial charge on any atom is 0.134 e. The summed E-state index contributed by atoms with van der Waals surface area (Å²) in [5.41, 5.74) is 0.742. The van der Waals surface area contributed by atoms with E-state index in [-0.39, 0.29) is 11.5 Å². The van der Waals surface area contributed by atoms with Crippen LogP contribution in [0.25, 0.3) is 10.1 Å². The van der Waals surface area contributed by atoms with Crippen LogP contribution in [0.1, 0.15) is 5.56 Å². The highest BCUT2D eigenvalue weighted by Crippen LogP contribution is 2.36. The van der Waals surface area contributed by atoms with Crippen LogP contribution in [0.5, 0.6) is 11.5 Å². The number of thiophene rings is 1. The van der Waals surface area contributed by atoms with Crippen molar-refractivity contribution in [1.29, 1.82) is 0 Å². The van der Waals surface area contributed by atoms with Crippen molar-refractivity contribution in [2.24, 2.45) is 0 Å². The quantitative estimate of drug-likeness (QED) is 0.654. The predicted octanol–water partition coefficient (Wildman–Crippen LogP) is 2.62. The molecule has 0 fully saturated rings. The Morgan fingerprint density at radius 2 is 1.92 bits per heavy atom. The van der Waals surface area contributed by atoms with Crippen LogP contribution in [0.4, 0.5) is 0 Å². The molecule has 3 heteroatoms. The van der Waals surface area contributed by atoms with Crippen molar-refractivity contribution in [1.82, 2.24) is 0 Å². The van der Waals surface area contributed by atoms with Gasteiger partial charge in [-0.2, -0.15) is 0 Å². The van der Waals surface area contributed by atoms with E-state index in [2.05, 4.69) is 0 Å². The van der Waals surface area contributed by atoms with Crippen molar-refractivity contribution < 1.29 is 10.2 Å². The third-order valence-corrected chi connectivity index (χ3v) is 2.89. The molecule has 0 spiro atoms. The van der Waals surface area contributed by atoms with E-state index in [1.807, 2.05) is 6.07 Å². The first kappa shape index (κ1) is 7.43. The van der Waals surface area contributed by atoms with Crippen LogP contribution < -0.4 is 0 Å². The first-order valence-electron chi connectivity index (χ1n) is 3.59. The molecule has 1 heterocycles. The second kappa shape index (κ2) is 2.38. The van der Waals surface area contributed by atoms with Gasteiger partial charge in [0.2, 0.25) is 0 Å². The summed E-state index contributed by atoms with van der Waals surface area (Å²) in [6.07, 6.45) is 0. The van der Waals surface area contributed by atoms with Gasteiger partial charge in [-0.3, -0.25) is 0 Å². The first-order valence-corrected chi connectivity index (χ1v) is 4.47. The van der Waals surface area contributed by atoms with E-state index >= 15 is 0 Å². The van der Waals surface area contributed by atoms with Gasteiger partial charge in [0.1, 0.15) is 11.5 Å². The highest BCUT2D eigenvalue weighted by molar-refractivity contribution is 7.17. The topological polar surface area (TPSA) is 40.5 Å². The lowest BCUT2D eigenvalue weighted by Crippen LogP contribution is -1.74. The molecule has 0 bridgehead atoms. The molecule has 0 aliphatic carbocycles. The summed E-state index contributed by atoms with van der Waals surface area (Å²) in [5, 5.41) is 21.2. The molecule has 2 aromatic rings. The lowest BCUT2D eigenvalue weighted by Gasteiger charge is -1.99. The van der Waals surface area contributed by atoms with Gasteiger partial charge in [-0.15, -0.1) is 11.3 Å². The minimum atomic E-state index is 0.233. The molecule has 0 aliphatic rings. The van der Waals surface area contributed by atoms with E-state index in [9.17, 15) is 10.2 Å². The van der Waals surface area contributed by atoms with Gasteiger partial charge < -0.3 is 10.2 Å². The van der Waals surface area contributed by atoms with Gasteiger partial charge in [-0.05, 0) is 19.1 Å². The average Bonchev–Trinajstić information content (AvgIpc) is 2.41. The highest BCUT2D eigenvalue weighted by Gasteiger charge is 2.07. The van der Waals surface area contributed by atoms with Gasteiger partial charge in [0.25, 0.3) is 0 Å². The zero-order valence-corrected chi connectivity index (χ0v) is 7.35. The molecule has 0 aliphatic heterocycles. The molecule has 0 saturated heterocycles. The van der Waals surface area contributed by atoms with Crippen LogP contribution in [0.2, 0.25) is 0 Å². The Balaban J connectivity index is 2.96. The summed E-state index contributed by atoms with van der Waals surface area (Å²) >= 11 is 1.48. The van der Waals surface area contributed by atoms with Gasteiger partial charge in [-0.25, -0.2) is 0 Å². The summed E-state index contributed by atoms with van der Waals surface area (Å²) in [6, 6.07) is 3.45. The Hall–Kier alpha value is -1.22. The van der Waals surface area contributed by atoms with E-state index in [1.54, 1.807) is 18.4 Å². The Morgan fingerprint density at radius 1 is 1.17 bits per heavy atom. The Morgan fingerprint density at radius 3 is 2.67 bits per heavy atom. The van der Waals surface area contributed by atoms with Crippen molar-refractivity contribution in [2.75, 3.05) is 0 Å². The second-order valence-corrected chi connectivity index (χ2v) is 3.61. The van der Waals surface area contributed by atoms with Crippen molar-refractivity contribution >= 4 is 21.4 Å². The molecule has 1 aromatic heterocycles. The van der Waals surface area contributed by atoms with Crippen LogP contribution in [0, 0.1) is 6.92 Å². The summed E-state index contributed by atoms with van der Waals surface area (Å²) in [6.45, 7) is 1.80. The van der Waals surface area contributed by atoms with Crippen molar-refractivity contribution in [3.63, 3.8) is 0 Å². The van der Waals surface area contributed by atoms with E-state index in [4.69, 9.17) is 0 Å². The van der Waals surface area contributed by atoms with Gasteiger partial charge >= 0.3 is 0 Å². The molecule has 12 heavy (non-hydrogen) atoms. The van der Waals surface area contributed by atoms with Crippen molar-refractivity contribution in [3.8, 4) is 11.5 Å². The fourth-order valence-corrected chi connectivity index (χ4v) is 2.15. The maximum atomic E-state index is 9.42. The third-order valence-electron chi connectivity index (χ3n) is 1.95. The van der Waals surface area contributed by atoms with Gasteiger partial charge in [0.05, 0.1) is 0 Å². The zero-order valence-electron chi connectivity index (χ0n) is 6.53. The fraction of sp³-hybridized carbons (Fsp3) is 0.111. The van der Waals surface area contributed by atoms with Crippen molar-refractivity contribution in [2.45, 2.75) is 6.92 Å². The monoisotopic (exact) mass is 180 g/mol.